The van der Waals surface area contributed by atoms with Crippen LogP contribution in [0.1, 0.15) is 45.6 Å². The number of benzene rings is 1. The van der Waals surface area contributed by atoms with E-state index in [0.29, 0.717) is 24.0 Å². The van der Waals surface area contributed by atoms with E-state index in [1.54, 1.807) is 0 Å². The van der Waals surface area contributed by atoms with Crippen molar-refractivity contribution < 1.29 is 4.79 Å². The van der Waals surface area contributed by atoms with Gasteiger partial charge in [-0.3, -0.25) is 4.79 Å². The van der Waals surface area contributed by atoms with Gasteiger partial charge in [0.05, 0.1) is 0 Å². The molecule has 1 aliphatic carbocycles. The Morgan fingerprint density at radius 3 is 2.47 bits per heavy atom. The first-order valence-corrected chi connectivity index (χ1v) is 6.58. The van der Waals surface area contributed by atoms with Gasteiger partial charge in [-0.2, -0.15) is 0 Å². The summed E-state index contributed by atoms with van der Waals surface area (Å²) < 4.78 is 0. The highest BCUT2D eigenvalue weighted by molar-refractivity contribution is 5.81. The zero-order chi connectivity index (χ0) is 12.5. The van der Waals surface area contributed by atoms with Crippen molar-refractivity contribution in [3.05, 3.63) is 35.9 Å². The van der Waals surface area contributed by atoms with Crippen LogP contribution in [0, 0.1) is 11.8 Å². The number of carbonyl (C=O) groups excluding carboxylic acids is 1. The summed E-state index contributed by atoms with van der Waals surface area (Å²) in [5.74, 6) is 1.57. The van der Waals surface area contributed by atoms with Gasteiger partial charge in [0.1, 0.15) is 5.78 Å². The second kappa shape index (κ2) is 4.64. The average molecular weight is 230 g/mol. The molecule has 92 valence electrons. The maximum Gasteiger partial charge on any atom is 0.134 e. The summed E-state index contributed by atoms with van der Waals surface area (Å²) in [6, 6.07) is 10.5. The highest BCUT2D eigenvalue weighted by Gasteiger charge is 2.38. The zero-order valence-corrected chi connectivity index (χ0v) is 11.1. The number of ketones is 1. The van der Waals surface area contributed by atoms with E-state index in [1.165, 1.54) is 5.56 Å². The standard InChI is InChI=1S/C16H22O/c1-12(2)13-9-15(17)11-16(3,10-13)14-7-5-4-6-8-14/h4-8,12-13H,9-11H2,1-3H3/t13-,16+/m0/s1. The molecule has 0 N–H and O–H groups in total. The highest BCUT2D eigenvalue weighted by Crippen LogP contribution is 2.42. The largest absolute Gasteiger partial charge is 0.300 e. The SMILES string of the molecule is CC(C)[C@H]1CC(=O)C[C@](C)(c2ccccc2)C1. The average Bonchev–Trinajstić information content (AvgIpc) is 2.29. The van der Waals surface area contributed by atoms with Gasteiger partial charge in [-0.15, -0.1) is 0 Å². The Hall–Kier alpha value is -1.11. The molecule has 1 aromatic rings. The van der Waals surface area contributed by atoms with Gasteiger partial charge in [-0.25, -0.2) is 0 Å². The molecule has 0 aromatic heterocycles. The summed E-state index contributed by atoms with van der Waals surface area (Å²) >= 11 is 0. The molecule has 0 aliphatic heterocycles. The minimum atomic E-state index is 0.0472. The monoisotopic (exact) mass is 230 g/mol. The third kappa shape index (κ3) is 2.59. The summed E-state index contributed by atoms with van der Waals surface area (Å²) in [4.78, 5) is 12.0. The number of rotatable bonds is 2. The Morgan fingerprint density at radius 1 is 1.24 bits per heavy atom. The molecule has 1 aliphatic rings. The molecule has 0 unspecified atom stereocenters. The predicted molar refractivity (Wildman–Crippen MR) is 71.0 cm³/mol. The van der Waals surface area contributed by atoms with Crippen LogP contribution in [0.2, 0.25) is 0 Å². The molecule has 0 saturated heterocycles. The van der Waals surface area contributed by atoms with E-state index >= 15 is 0 Å². The molecule has 0 spiro atoms. The molecule has 1 saturated carbocycles. The summed E-state index contributed by atoms with van der Waals surface area (Å²) in [5, 5.41) is 0. The highest BCUT2D eigenvalue weighted by atomic mass is 16.1. The van der Waals surface area contributed by atoms with Crippen LogP contribution in [0.4, 0.5) is 0 Å². The lowest BCUT2D eigenvalue weighted by Gasteiger charge is -2.39. The minimum absolute atomic E-state index is 0.0472. The Kier molecular flexibility index (Phi) is 3.37. The molecule has 1 heteroatoms. The Labute approximate surface area is 104 Å². The fourth-order valence-corrected chi connectivity index (χ4v) is 3.05. The van der Waals surface area contributed by atoms with Crippen LogP contribution in [0.5, 0.6) is 0 Å². The molecule has 1 fully saturated rings. The summed E-state index contributed by atoms with van der Waals surface area (Å²) in [5.41, 5.74) is 1.37. The van der Waals surface area contributed by atoms with E-state index in [0.717, 1.165) is 12.8 Å². The van der Waals surface area contributed by atoms with Crippen molar-refractivity contribution in [3.8, 4) is 0 Å². The molecular weight excluding hydrogens is 208 g/mol. The van der Waals surface area contributed by atoms with E-state index in [-0.39, 0.29) is 5.41 Å². The van der Waals surface area contributed by atoms with Gasteiger partial charge >= 0.3 is 0 Å². The zero-order valence-electron chi connectivity index (χ0n) is 11.1. The van der Waals surface area contributed by atoms with E-state index in [2.05, 4.69) is 45.0 Å². The van der Waals surface area contributed by atoms with Crippen molar-refractivity contribution in [1.82, 2.24) is 0 Å². The van der Waals surface area contributed by atoms with Crippen LogP contribution in [0.25, 0.3) is 0 Å². The van der Waals surface area contributed by atoms with Gasteiger partial charge < -0.3 is 0 Å². The lowest BCUT2D eigenvalue weighted by atomic mass is 9.64. The van der Waals surface area contributed by atoms with Crippen molar-refractivity contribution in [2.45, 2.75) is 45.4 Å². The van der Waals surface area contributed by atoms with E-state index < -0.39 is 0 Å². The number of carbonyl (C=O) groups is 1. The first-order valence-electron chi connectivity index (χ1n) is 6.58. The number of Topliss-reactive ketones (excluding diaryl/α,β-unsaturated/α-hetero) is 1. The summed E-state index contributed by atoms with van der Waals surface area (Å²) in [7, 11) is 0. The van der Waals surface area contributed by atoms with Crippen LogP contribution in [0.15, 0.2) is 30.3 Å². The Bertz CT molecular complexity index is 393. The van der Waals surface area contributed by atoms with Gasteiger partial charge in [0.25, 0.3) is 0 Å². The van der Waals surface area contributed by atoms with Gasteiger partial charge in [0.15, 0.2) is 0 Å². The number of hydrogen-bond donors (Lipinski definition) is 0. The van der Waals surface area contributed by atoms with Gasteiger partial charge in [0.2, 0.25) is 0 Å². The molecule has 2 rings (SSSR count). The molecule has 2 atom stereocenters. The lowest BCUT2D eigenvalue weighted by molar-refractivity contribution is -0.124. The first-order chi connectivity index (χ1) is 8.01. The van der Waals surface area contributed by atoms with E-state index in [1.807, 2.05) is 6.07 Å². The van der Waals surface area contributed by atoms with E-state index in [9.17, 15) is 4.79 Å². The van der Waals surface area contributed by atoms with Crippen molar-refractivity contribution in [2.75, 3.05) is 0 Å². The summed E-state index contributed by atoms with van der Waals surface area (Å²) in [6.07, 6.45) is 2.63. The maximum absolute atomic E-state index is 12.0. The third-order valence-corrected chi connectivity index (χ3v) is 4.20. The normalized spacial score (nSPS) is 29.6. The number of hydrogen-bond acceptors (Lipinski definition) is 1. The van der Waals surface area contributed by atoms with Gasteiger partial charge in [-0.05, 0) is 29.2 Å². The summed E-state index contributed by atoms with van der Waals surface area (Å²) in [6.45, 7) is 6.71. The molecule has 0 amide bonds. The Balaban J connectivity index is 2.27. The van der Waals surface area contributed by atoms with Crippen LogP contribution in [-0.2, 0) is 10.2 Å². The van der Waals surface area contributed by atoms with Crippen LogP contribution in [0.3, 0.4) is 0 Å². The third-order valence-electron chi connectivity index (χ3n) is 4.20. The van der Waals surface area contributed by atoms with Crippen LogP contribution in [-0.4, -0.2) is 5.78 Å². The van der Waals surface area contributed by atoms with Crippen molar-refractivity contribution in [3.63, 3.8) is 0 Å². The van der Waals surface area contributed by atoms with Crippen LogP contribution >= 0.6 is 0 Å². The fraction of sp³-hybridized carbons (Fsp3) is 0.562. The topological polar surface area (TPSA) is 17.1 Å². The molecular formula is C16H22O. The second-order valence-corrected chi connectivity index (χ2v) is 6.05. The second-order valence-electron chi connectivity index (χ2n) is 6.05. The Morgan fingerprint density at radius 2 is 1.88 bits per heavy atom. The molecule has 17 heavy (non-hydrogen) atoms. The first kappa shape index (κ1) is 12.3. The molecule has 0 bridgehead atoms. The van der Waals surface area contributed by atoms with Gasteiger partial charge in [0, 0.05) is 12.8 Å². The van der Waals surface area contributed by atoms with Crippen molar-refractivity contribution >= 4 is 5.78 Å². The predicted octanol–water partition coefficient (Wildman–Crippen LogP) is 3.97. The van der Waals surface area contributed by atoms with Gasteiger partial charge in [-0.1, -0.05) is 51.1 Å². The quantitative estimate of drug-likeness (QED) is 0.751. The maximum atomic E-state index is 12.0. The van der Waals surface area contributed by atoms with E-state index in [4.69, 9.17) is 0 Å². The molecule has 1 nitrogen and oxygen atoms in total. The molecule has 1 aromatic carbocycles. The van der Waals surface area contributed by atoms with Crippen molar-refractivity contribution in [2.24, 2.45) is 11.8 Å². The molecule has 0 heterocycles. The smallest absolute Gasteiger partial charge is 0.134 e. The minimum Gasteiger partial charge on any atom is -0.300 e. The molecule has 0 radical (unpaired) electrons. The lowest BCUT2D eigenvalue weighted by Crippen LogP contribution is -2.36. The van der Waals surface area contributed by atoms with Crippen molar-refractivity contribution in [1.29, 1.82) is 0 Å². The van der Waals surface area contributed by atoms with Crippen LogP contribution < -0.4 is 0 Å². The fourth-order valence-electron chi connectivity index (χ4n) is 3.05.